The molecule has 0 spiro atoms. The molecule has 1 aliphatic rings. The number of nitrogens with zero attached hydrogens (tertiary/aromatic N) is 1. The molecule has 1 heterocycles. The Morgan fingerprint density at radius 2 is 1.71 bits per heavy atom. The van der Waals surface area contributed by atoms with Crippen molar-refractivity contribution in [1.29, 1.82) is 0 Å². The number of nitrogens with two attached hydrogens (primary N) is 1. The van der Waals surface area contributed by atoms with Crippen LogP contribution in [0, 0.1) is 6.92 Å². The van der Waals surface area contributed by atoms with Crippen LogP contribution in [0.4, 0.5) is 5.69 Å². The van der Waals surface area contributed by atoms with Gasteiger partial charge >= 0.3 is 0 Å². The van der Waals surface area contributed by atoms with E-state index in [4.69, 9.17) is 5.73 Å². The molecule has 35 heavy (non-hydrogen) atoms. The molecule has 0 fully saturated rings. The summed E-state index contributed by atoms with van der Waals surface area (Å²) >= 11 is 0. The van der Waals surface area contributed by atoms with Crippen molar-refractivity contribution in [1.82, 2.24) is 4.90 Å². The maximum atomic E-state index is 13.3. The molecular formula is C31H35N3O. The topological polar surface area (TPSA) is 58.4 Å². The number of fused-ring (bicyclic) bond motifs is 1. The number of nitrogens with one attached hydrogen (secondary N) is 1. The van der Waals surface area contributed by atoms with Crippen molar-refractivity contribution in [3.8, 4) is 0 Å². The summed E-state index contributed by atoms with van der Waals surface area (Å²) in [5, 5.41) is 3.17. The summed E-state index contributed by atoms with van der Waals surface area (Å²) in [6.07, 6.45) is 3.45. The number of carbonyl (C=O) groups is 1. The van der Waals surface area contributed by atoms with Gasteiger partial charge in [0.25, 0.3) is 0 Å². The van der Waals surface area contributed by atoms with E-state index in [9.17, 15) is 4.79 Å². The highest BCUT2D eigenvalue weighted by Crippen LogP contribution is 2.36. The number of amides is 1. The third-order valence-electron chi connectivity index (χ3n) is 6.82. The lowest BCUT2D eigenvalue weighted by Gasteiger charge is -2.27. The number of aryl methyl sites for hydroxylation is 1. The van der Waals surface area contributed by atoms with Crippen molar-refractivity contribution in [3.63, 3.8) is 0 Å². The van der Waals surface area contributed by atoms with Crippen LogP contribution < -0.4 is 11.1 Å². The van der Waals surface area contributed by atoms with E-state index in [1.54, 1.807) is 0 Å². The van der Waals surface area contributed by atoms with Crippen molar-refractivity contribution < 1.29 is 4.79 Å². The van der Waals surface area contributed by atoms with Crippen molar-refractivity contribution in [2.75, 3.05) is 11.9 Å². The van der Waals surface area contributed by atoms with E-state index in [-0.39, 0.29) is 11.8 Å². The number of benzene rings is 3. The Hall–Kier alpha value is -3.63. The van der Waals surface area contributed by atoms with Gasteiger partial charge in [-0.2, -0.15) is 0 Å². The zero-order valence-corrected chi connectivity index (χ0v) is 20.8. The zero-order chi connectivity index (χ0) is 24.8. The lowest BCUT2D eigenvalue weighted by atomic mass is 9.94. The normalized spacial score (nSPS) is 14.2. The van der Waals surface area contributed by atoms with Gasteiger partial charge in [-0.15, -0.1) is 0 Å². The average Bonchev–Trinajstić information content (AvgIpc) is 3.31. The number of anilines is 1. The Morgan fingerprint density at radius 1 is 1.06 bits per heavy atom. The molecule has 1 aliphatic heterocycles. The predicted molar refractivity (Wildman–Crippen MR) is 146 cm³/mol. The van der Waals surface area contributed by atoms with E-state index in [2.05, 4.69) is 67.0 Å². The molecule has 0 saturated heterocycles. The minimum atomic E-state index is -0.284. The van der Waals surface area contributed by atoms with Gasteiger partial charge in [-0.3, -0.25) is 4.79 Å². The van der Waals surface area contributed by atoms with Crippen molar-refractivity contribution in [2.24, 2.45) is 5.73 Å². The summed E-state index contributed by atoms with van der Waals surface area (Å²) in [6.45, 7) is 10.6. The summed E-state index contributed by atoms with van der Waals surface area (Å²) in [5.74, 6) is -0.316. The smallest absolute Gasteiger partial charge is 0.231 e. The molecule has 4 nitrogen and oxygen atoms in total. The largest absolute Gasteiger partial charge is 0.362 e. The summed E-state index contributed by atoms with van der Waals surface area (Å²) < 4.78 is 0. The first-order valence-corrected chi connectivity index (χ1v) is 12.4. The molecule has 0 saturated carbocycles. The van der Waals surface area contributed by atoms with Crippen LogP contribution in [-0.4, -0.2) is 17.4 Å². The Balaban J connectivity index is 1.67. The number of hydrogen-bond donors (Lipinski definition) is 2. The Morgan fingerprint density at radius 3 is 2.31 bits per heavy atom. The Labute approximate surface area is 209 Å². The first-order chi connectivity index (χ1) is 17.0. The van der Waals surface area contributed by atoms with E-state index in [0.29, 0.717) is 13.0 Å². The van der Waals surface area contributed by atoms with Gasteiger partial charge < -0.3 is 16.0 Å². The van der Waals surface area contributed by atoms with Crippen LogP contribution in [0.2, 0.25) is 0 Å². The van der Waals surface area contributed by atoms with E-state index in [1.807, 2.05) is 42.5 Å². The zero-order valence-electron chi connectivity index (χ0n) is 20.8. The highest BCUT2D eigenvalue weighted by Gasteiger charge is 2.25. The SMILES string of the molecule is C=C/C(CC)=C(\c1cc(NC(=O)C(CCN)c2ccccc2)ccc1C)N1Cc2ccccc2C1. The monoisotopic (exact) mass is 465 g/mol. The number of hydrogen-bond acceptors (Lipinski definition) is 3. The van der Waals surface area contributed by atoms with Crippen LogP contribution in [0.5, 0.6) is 0 Å². The maximum Gasteiger partial charge on any atom is 0.231 e. The summed E-state index contributed by atoms with van der Waals surface area (Å²) in [7, 11) is 0. The fourth-order valence-corrected chi connectivity index (χ4v) is 4.93. The standard InChI is InChI=1S/C31H35N3O/c1-4-23(5-2)30(34-20-25-13-9-10-14-26(25)21-34)29-19-27(16-15-22(29)3)33-31(35)28(17-18-32)24-11-7-6-8-12-24/h4,6-16,19,28H,1,5,17-18,20-21,32H2,2-3H3,(H,33,35)/b30-23-. The van der Waals surface area contributed by atoms with Crippen LogP contribution in [0.25, 0.3) is 5.70 Å². The molecule has 180 valence electrons. The molecule has 4 rings (SSSR count). The third-order valence-corrected chi connectivity index (χ3v) is 6.82. The molecule has 0 radical (unpaired) electrons. The number of rotatable bonds is 9. The molecular weight excluding hydrogens is 430 g/mol. The average molecular weight is 466 g/mol. The van der Waals surface area contributed by atoms with Gasteiger partial charge in [-0.05, 0) is 66.3 Å². The van der Waals surface area contributed by atoms with Gasteiger partial charge in [-0.25, -0.2) is 0 Å². The third kappa shape index (κ3) is 5.39. The van der Waals surface area contributed by atoms with Gasteiger partial charge in [-0.1, -0.05) is 80.2 Å². The molecule has 3 aromatic carbocycles. The predicted octanol–water partition coefficient (Wildman–Crippen LogP) is 6.39. The molecule has 0 aromatic heterocycles. The van der Waals surface area contributed by atoms with Gasteiger partial charge in [0.05, 0.1) is 5.92 Å². The van der Waals surface area contributed by atoms with Gasteiger partial charge in [0.1, 0.15) is 0 Å². The fourth-order valence-electron chi connectivity index (χ4n) is 4.93. The van der Waals surface area contributed by atoms with E-state index < -0.39 is 0 Å². The summed E-state index contributed by atoms with van der Waals surface area (Å²) in [5.41, 5.74) is 15.0. The fraction of sp³-hybridized carbons (Fsp3) is 0.258. The summed E-state index contributed by atoms with van der Waals surface area (Å²) in [6, 6.07) is 24.7. The van der Waals surface area contributed by atoms with Crippen LogP contribution in [0.1, 0.15) is 53.5 Å². The molecule has 1 unspecified atom stereocenters. The Kier molecular flexibility index (Phi) is 7.84. The lowest BCUT2D eigenvalue weighted by molar-refractivity contribution is -0.117. The first kappa shape index (κ1) is 24.5. The highest BCUT2D eigenvalue weighted by atomic mass is 16.1. The molecule has 3 aromatic rings. The first-order valence-electron chi connectivity index (χ1n) is 12.4. The second-order valence-electron chi connectivity index (χ2n) is 9.12. The highest BCUT2D eigenvalue weighted by molar-refractivity contribution is 5.96. The van der Waals surface area contributed by atoms with Gasteiger partial charge in [0.2, 0.25) is 5.91 Å². The van der Waals surface area contributed by atoms with Crippen molar-refractivity contribution in [3.05, 3.63) is 119 Å². The molecule has 0 bridgehead atoms. The van der Waals surface area contributed by atoms with Gasteiger partial charge in [0.15, 0.2) is 0 Å². The van der Waals surface area contributed by atoms with E-state index in [1.165, 1.54) is 28.0 Å². The lowest BCUT2D eigenvalue weighted by Crippen LogP contribution is -2.24. The van der Waals surface area contributed by atoms with Crippen LogP contribution in [0.15, 0.2) is 91.0 Å². The van der Waals surface area contributed by atoms with E-state index >= 15 is 0 Å². The second-order valence-corrected chi connectivity index (χ2v) is 9.12. The van der Waals surface area contributed by atoms with Crippen molar-refractivity contribution in [2.45, 2.75) is 45.7 Å². The molecule has 0 aliphatic carbocycles. The second kappa shape index (κ2) is 11.2. The quantitative estimate of drug-likeness (QED) is 0.360. The minimum Gasteiger partial charge on any atom is -0.362 e. The summed E-state index contributed by atoms with van der Waals surface area (Å²) in [4.78, 5) is 15.7. The molecule has 1 amide bonds. The molecule has 1 atom stereocenters. The van der Waals surface area contributed by atoms with Crippen LogP contribution in [0.3, 0.4) is 0 Å². The van der Waals surface area contributed by atoms with Crippen LogP contribution >= 0.6 is 0 Å². The van der Waals surface area contributed by atoms with E-state index in [0.717, 1.165) is 36.3 Å². The van der Waals surface area contributed by atoms with Gasteiger partial charge in [0, 0.05) is 30.0 Å². The number of carbonyl (C=O) groups excluding carboxylic acids is 1. The minimum absolute atomic E-state index is 0.0324. The molecule has 3 N–H and O–H groups in total. The molecule has 4 heteroatoms. The maximum absolute atomic E-state index is 13.3. The van der Waals surface area contributed by atoms with Crippen LogP contribution in [-0.2, 0) is 17.9 Å². The Bertz CT molecular complexity index is 1200. The van der Waals surface area contributed by atoms with Crippen molar-refractivity contribution >= 4 is 17.3 Å². The number of allylic oxidation sites excluding steroid dienone is 2.